The molecule has 56 valence electrons. The van der Waals surface area contributed by atoms with E-state index >= 15 is 0 Å². The van der Waals surface area contributed by atoms with Gasteiger partial charge in [0.1, 0.15) is 11.2 Å². The summed E-state index contributed by atoms with van der Waals surface area (Å²) in [4.78, 5) is 10.2. The molecule has 0 aliphatic carbocycles. The molecule has 2 heterocycles. The molecule has 0 spiro atoms. The summed E-state index contributed by atoms with van der Waals surface area (Å²) >= 11 is 1.62. The normalized spacial score (nSPS) is 10.6. The average molecular weight is 165 g/mol. The Labute approximate surface area is 67.9 Å². The van der Waals surface area contributed by atoms with Crippen LogP contribution >= 0.6 is 11.3 Å². The highest BCUT2D eigenvalue weighted by atomic mass is 32.1. The predicted molar refractivity (Wildman–Crippen MR) is 45.3 cm³/mol. The first-order valence-corrected chi connectivity index (χ1v) is 4.10. The summed E-state index contributed by atoms with van der Waals surface area (Å²) in [5.41, 5.74) is 5.48. The zero-order valence-corrected chi connectivity index (χ0v) is 6.64. The first kappa shape index (κ1) is 6.69. The second kappa shape index (κ2) is 2.56. The van der Waals surface area contributed by atoms with Gasteiger partial charge in [-0.3, -0.25) is 0 Å². The number of thiophene rings is 1. The predicted octanol–water partition coefficient (Wildman–Crippen LogP) is 1.15. The van der Waals surface area contributed by atoms with Gasteiger partial charge >= 0.3 is 0 Å². The Morgan fingerprint density at radius 3 is 3.18 bits per heavy atom. The molecular weight excluding hydrogens is 158 g/mol. The summed E-state index contributed by atoms with van der Waals surface area (Å²) in [6.45, 7) is 0.584. The van der Waals surface area contributed by atoms with Crippen LogP contribution in [0.2, 0.25) is 0 Å². The number of nitrogens with two attached hydrogens (primary N) is 1. The molecule has 0 aliphatic rings. The maximum atomic E-state index is 5.48. The molecule has 0 atom stereocenters. The van der Waals surface area contributed by atoms with Gasteiger partial charge in [0.05, 0.1) is 0 Å². The van der Waals surface area contributed by atoms with Crippen molar-refractivity contribution in [2.45, 2.75) is 6.54 Å². The Hall–Kier alpha value is -1.00. The van der Waals surface area contributed by atoms with Crippen molar-refractivity contribution in [1.82, 2.24) is 9.97 Å². The number of nitrogens with zero attached hydrogens (tertiary/aromatic N) is 2. The molecule has 0 saturated carbocycles. The van der Waals surface area contributed by atoms with E-state index in [2.05, 4.69) is 9.97 Å². The third-order valence-corrected chi connectivity index (χ3v) is 2.53. The SMILES string of the molecule is NCc1cc2cncnc2s1. The molecule has 4 heteroatoms. The van der Waals surface area contributed by atoms with Crippen LogP contribution in [0.4, 0.5) is 0 Å². The number of rotatable bonds is 1. The highest BCUT2D eigenvalue weighted by molar-refractivity contribution is 7.18. The van der Waals surface area contributed by atoms with E-state index in [-0.39, 0.29) is 0 Å². The minimum atomic E-state index is 0.584. The fraction of sp³-hybridized carbons (Fsp3) is 0.143. The van der Waals surface area contributed by atoms with Crippen LogP contribution in [-0.2, 0) is 6.54 Å². The van der Waals surface area contributed by atoms with Crippen molar-refractivity contribution in [2.75, 3.05) is 0 Å². The lowest BCUT2D eigenvalue weighted by Crippen LogP contribution is -1.90. The van der Waals surface area contributed by atoms with Crippen LogP contribution in [0, 0.1) is 0 Å². The van der Waals surface area contributed by atoms with Gasteiger partial charge in [-0.15, -0.1) is 11.3 Å². The third-order valence-electron chi connectivity index (χ3n) is 1.45. The highest BCUT2D eigenvalue weighted by Crippen LogP contribution is 2.21. The van der Waals surface area contributed by atoms with Gasteiger partial charge < -0.3 is 5.73 Å². The van der Waals surface area contributed by atoms with Crippen molar-refractivity contribution in [3.05, 3.63) is 23.5 Å². The second-order valence-corrected chi connectivity index (χ2v) is 3.32. The maximum Gasteiger partial charge on any atom is 0.126 e. The van der Waals surface area contributed by atoms with Crippen molar-refractivity contribution in [2.24, 2.45) is 5.73 Å². The Morgan fingerprint density at radius 2 is 2.45 bits per heavy atom. The van der Waals surface area contributed by atoms with Gasteiger partial charge in [-0.05, 0) is 6.07 Å². The minimum Gasteiger partial charge on any atom is -0.326 e. The largest absolute Gasteiger partial charge is 0.326 e. The van der Waals surface area contributed by atoms with Crippen LogP contribution < -0.4 is 5.73 Å². The van der Waals surface area contributed by atoms with E-state index in [4.69, 9.17) is 5.73 Å². The second-order valence-electron chi connectivity index (χ2n) is 2.20. The monoisotopic (exact) mass is 165 g/mol. The molecule has 2 aromatic heterocycles. The van der Waals surface area contributed by atoms with Gasteiger partial charge in [-0.1, -0.05) is 0 Å². The quantitative estimate of drug-likeness (QED) is 0.689. The van der Waals surface area contributed by atoms with Crippen molar-refractivity contribution in [3.63, 3.8) is 0 Å². The van der Waals surface area contributed by atoms with Gasteiger partial charge in [0.2, 0.25) is 0 Å². The van der Waals surface area contributed by atoms with E-state index in [1.165, 1.54) is 0 Å². The Bertz CT molecular complexity index is 335. The molecule has 0 fully saturated rings. The lowest BCUT2D eigenvalue weighted by Gasteiger charge is -1.81. The topological polar surface area (TPSA) is 51.8 Å². The van der Waals surface area contributed by atoms with Gasteiger partial charge in [0.25, 0.3) is 0 Å². The lowest BCUT2D eigenvalue weighted by molar-refractivity contribution is 1.11. The van der Waals surface area contributed by atoms with Crippen molar-refractivity contribution in [3.8, 4) is 0 Å². The summed E-state index contributed by atoms with van der Waals surface area (Å²) in [6.07, 6.45) is 3.36. The zero-order valence-electron chi connectivity index (χ0n) is 5.82. The zero-order chi connectivity index (χ0) is 7.68. The van der Waals surface area contributed by atoms with Crippen LogP contribution in [0.3, 0.4) is 0 Å². The maximum absolute atomic E-state index is 5.48. The van der Waals surface area contributed by atoms with E-state index in [0.717, 1.165) is 15.1 Å². The van der Waals surface area contributed by atoms with E-state index in [9.17, 15) is 0 Å². The Balaban J connectivity index is 2.69. The van der Waals surface area contributed by atoms with Crippen molar-refractivity contribution < 1.29 is 0 Å². The summed E-state index contributed by atoms with van der Waals surface area (Å²) in [6, 6.07) is 2.03. The molecule has 0 bridgehead atoms. The standard InChI is InChI=1S/C7H7N3S/c8-2-6-1-5-3-9-4-10-7(5)11-6/h1,3-4H,2,8H2. The number of hydrogen-bond donors (Lipinski definition) is 1. The number of fused-ring (bicyclic) bond motifs is 1. The number of hydrogen-bond acceptors (Lipinski definition) is 4. The van der Waals surface area contributed by atoms with E-state index in [1.54, 1.807) is 23.9 Å². The van der Waals surface area contributed by atoms with Crippen LogP contribution in [0.15, 0.2) is 18.6 Å². The van der Waals surface area contributed by atoms with E-state index in [0.29, 0.717) is 6.54 Å². The smallest absolute Gasteiger partial charge is 0.126 e. The van der Waals surface area contributed by atoms with Crippen LogP contribution in [0.1, 0.15) is 4.88 Å². The first-order chi connectivity index (χ1) is 5.40. The molecule has 0 aliphatic heterocycles. The number of aromatic nitrogens is 2. The van der Waals surface area contributed by atoms with Gasteiger partial charge in [-0.2, -0.15) is 0 Å². The molecule has 2 rings (SSSR count). The molecule has 0 saturated heterocycles. The highest BCUT2D eigenvalue weighted by Gasteiger charge is 1.99. The fourth-order valence-electron chi connectivity index (χ4n) is 0.941. The lowest BCUT2D eigenvalue weighted by atomic mass is 10.4. The summed E-state index contributed by atoms with van der Waals surface area (Å²) in [5, 5.41) is 1.08. The Kier molecular flexibility index (Phi) is 1.56. The van der Waals surface area contributed by atoms with Crippen molar-refractivity contribution in [1.29, 1.82) is 0 Å². The summed E-state index contributed by atoms with van der Waals surface area (Å²) < 4.78 is 0. The Morgan fingerprint density at radius 1 is 1.55 bits per heavy atom. The molecule has 3 nitrogen and oxygen atoms in total. The molecule has 0 radical (unpaired) electrons. The van der Waals surface area contributed by atoms with E-state index < -0.39 is 0 Å². The van der Waals surface area contributed by atoms with E-state index in [1.807, 2.05) is 6.07 Å². The van der Waals surface area contributed by atoms with Gasteiger partial charge in [-0.25, -0.2) is 9.97 Å². The average Bonchev–Trinajstić information content (AvgIpc) is 2.46. The molecular formula is C7H7N3S. The van der Waals surface area contributed by atoms with Crippen LogP contribution in [-0.4, -0.2) is 9.97 Å². The molecule has 2 N–H and O–H groups in total. The molecule has 0 aromatic carbocycles. The fourth-order valence-corrected chi connectivity index (χ4v) is 1.79. The van der Waals surface area contributed by atoms with Gasteiger partial charge in [0.15, 0.2) is 0 Å². The first-order valence-electron chi connectivity index (χ1n) is 3.28. The molecule has 0 unspecified atom stereocenters. The molecule has 11 heavy (non-hydrogen) atoms. The third kappa shape index (κ3) is 1.10. The summed E-state index contributed by atoms with van der Waals surface area (Å²) in [7, 11) is 0. The van der Waals surface area contributed by atoms with Crippen LogP contribution in [0.25, 0.3) is 10.2 Å². The minimum absolute atomic E-state index is 0.584. The molecule has 2 aromatic rings. The summed E-state index contributed by atoms with van der Waals surface area (Å²) in [5.74, 6) is 0. The van der Waals surface area contributed by atoms with Crippen molar-refractivity contribution >= 4 is 21.6 Å². The molecule has 0 amide bonds. The van der Waals surface area contributed by atoms with Gasteiger partial charge in [0, 0.05) is 23.0 Å². The van der Waals surface area contributed by atoms with Crippen LogP contribution in [0.5, 0.6) is 0 Å².